The Labute approximate surface area is 93.0 Å². The minimum Gasteiger partial charge on any atom is -0.381 e. The molecule has 0 heterocycles. The van der Waals surface area contributed by atoms with Crippen molar-refractivity contribution in [3.63, 3.8) is 0 Å². The summed E-state index contributed by atoms with van der Waals surface area (Å²) >= 11 is 0. The molecule has 2 unspecified atom stereocenters. The number of hydrogen-bond donors (Lipinski definition) is 2. The van der Waals surface area contributed by atoms with Crippen LogP contribution in [-0.4, -0.2) is 22.5 Å². The number of carbonyl (C=O) groups excluding carboxylic acids is 1. The Morgan fingerprint density at radius 3 is 1.93 bits per heavy atom. The van der Waals surface area contributed by atoms with Gasteiger partial charge in [0.25, 0.3) is 0 Å². The highest BCUT2D eigenvalue weighted by Gasteiger charge is 2.42. The number of hydrogen-bond acceptors (Lipinski definition) is 3. The minimum absolute atomic E-state index is 0.192. The molecule has 0 amide bonds. The smallest absolute Gasteiger partial charge is 0.170 e. The fraction of sp³-hybridized carbons (Fsp3) is 0.917. The van der Waals surface area contributed by atoms with Crippen molar-refractivity contribution in [3.8, 4) is 0 Å². The highest BCUT2D eigenvalue weighted by molar-refractivity contribution is 5.91. The van der Waals surface area contributed by atoms with Gasteiger partial charge in [0, 0.05) is 11.5 Å². The van der Waals surface area contributed by atoms with Crippen molar-refractivity contribution in [1.82, 2.24) is 0 Å². The molecular weight excluding hydrogens is 190 g/mol. The van der Waals surface area contributed by atoms with Crippen LogP contribution in [0.4, 0.5) is 0 Å². The molecule has 0 spiro atoms. The molecule has 0 aliphatic rings. The number of rotatable bonds is 4. The average Bonchev–Trinajstić information content (AvgIpc) is 1.99. The predicted molar refractivity (Wildman–Crippen MR) is 62.5 cm³/mol. The number of Topliss-reactive ketones (excluding diaryl/α,β-unsaturated/α-hetero) is 1. The average molecular weight is 215 g/mol. The van der Waals surface area contributed by atoms with E-state index < -0.39 is 17.1 Å². The van der Waals surface area contributed by atoms with Crippen molar-refractivity contribution in [3.05, 3.63) is 0 Å². The van der Waals surface area contributed by atoms with Crippen molar-refractivity contribution in [2.75, 3.05) is 0 Å². The van der Waals surface area contributed by atoms with Crippen molar-refractivity contribution in [2.24, 2.45) is 17.1 Å². The zero-order valence-corrected chi connectivity index (χ0v) is 10.8. The van der Waals surface area contributed by atoms with Gasteiger partial charge in [-0.1, -0.05) is 34.6 Å². The second-order valence-electron chi connectivity index (χ2n) is 5.96. The van der Waals surface area contributed by atoms with Crippen LogP contribution < -0.4 is 5.73 Å². The van der Waals surface area contributed by atoms with Crippen molar-refractivity contribution in [1.29, 1.82) is 0 Å². The van der Waals surface area contributed by atoms with E-state index in [-0.39, 0.29) is 5.78 Å². The summed E-state index contributed by atoms with van der Waals surface area (Å²) in [5.74, 6) is 0.183. The van der Waals surface area contributed by atoms with E-state index >= 15 is 0 Å². The van der Waals surface area contributed by atoms with Crippen LogP contribution in [0.1, 0.15) is 48.0 Å². The van der Waals surface area contributed by atoms with Gasteiger partial charge in [-0.25, -0.2) is 0 Å². The van der Waals surface area contributed by atoms with Crippen LogP contribution in [0.3, 0.4) is 0 Å². The minimum atomic E-state index is -1.43. The lowest BCUT2D eigenvalue weighted by atomic mass is 9.76. The van der Waals surface area contributed by atoms with E-state index in [0.717, 1.165) is 0 Å². The zero-order valence-electron chi connectivity index (χ0n) is 10.8. The van der Waals surface area contributed by atoms with Crippen LogP contribution in [0.2, 0.25) is 0 Å². The summed E-state index contributed by atoms with van der Waals surface area (Å²) in [5.41, 5.74) is 3.89. The van der Waals surface area contributed by atoms with Gasteiger partial charge in [-0.3, -0.25) is 4.79 Å². The Hall–Kier alpha value is -0.410. The Balaban J connectivity index is 4.74. The molecule has 0 aromatic heterocycles. The topological polar surface area (TPSA) is 63.3 Å². The van der Waals surface area contributed by atoms with Crippen LogP contribution in [0.25, 0.3) is 0 Å². The maximum Gasteiger partial charge on any atom is 0.170 e. The molecule has 3 nitrogen and oxygen atoms in total. The van der Waals surface area contributed by atoms with E-state index in [1.54, 1.807) is 20.8 Å². The highest BCUT2D eigenvalue weighted by atomic mass is 16.3. The quantitative estimate of drug-likeness (QED) is 0.750. The van der Waals surface area contributed by atoms with Gasteiger partial charge in [0.2, 0.25) is 0 Å². The van der Waals surface area contributed by atoms with E-state index in [1.807, 2.05) is 13.8 Å². The van der Waals surface area contributed by atoms with Gasteiger partial charge in [-0.15, -0.1) is 0 Å². The Morgan fingerprint density at radius 2 is 1.67 bits per heavy atom. The summed E-state index contributed by atoms with van der Waals surface area (Å²) in [6.07, 6.45) is 0.648. The Bertz CT molecular complexity index is 226. The molecule has 3 N–H and O–H groups in total. The molecule has 15 heavy (non-hydrogen) atoms. The van der Waals surface area contributed by atoms with Crippen LogP contribution in [0.15, 0.2) is 0 Å². The number of carbonyl (C=O) groups is 1. The summed E-state index contributed by atoms with van der Waals surface area (Å²) in [6, 6.07) is -0.496. The molecule has 0 bridgehead atoms. The zero-order chi connectivity index (χ0) is 12.4. The number of nitrogens with two attached hydrogens (primary N) is 1. The van der Waals surface area contributed by atoms with E-state index in [1.165, 1.54) is 6.92 Å². The molecule has 0 radical (unpaired) electrons. The molecule has 0 rings (SSSR count). The van der Waals surface area contributed by atoms with Gasteiger partial charge < -0.3 is 10.8 Å². The molecule has 90 valence electrons. The van der Waals surface area contributed by atoms with Crippen LogP contribution in [-0.2, 0) is 4.79 Å². The third-order valence-electron chi connectivity index (χ3n) is 2.59. The van der Waals surface area contributed by atoms with Crippen molar-refractivity contribution in [2.45, 2.75) is 59.6 Å². The molecule has 0 aliphatic heterocycles. The second kappa shape index (κ2) is 4.62. The maximum atomic E-state index is 12.0. The maximum absolute atomic E-state index is 12.0. The first-order valence-electron chi connectivity index (χ1n) is 5.52. The lowest BCUT2D eigenvalue weighted by Gasteiger charge is -2.34. The first-order chi connectivity index (χ1) is 6.49. The first kappa shape index (κ1) is 14.6. The molecule has 0 fully saturated rings. The summed E-state index contributed by atoms with van der Waals surface area (Å²) < 4.78 is 0. The number of aliphatic hydroxyl groups is 1. The van der Waals surface area contributed by atoms with Crippen molar-refractivity contribution >= 4 is 5.78 Å². The molecule has 0 saturated carbocycles. The van der Waals surface area contributed by atoms with Gasteiger partial charge in [-0.05, 0) is 19.3 Å². The van der Waals surface area contributed by atoms with E-state index in [4.69, 9.17) is 5.73 Å². The van der Waals surface area contributed by atoms with Crippen molar-refractivity contribution < 1.29 is 9.90 Å². The molecule has 0 aromatic carbocycles. The lowest BCUT2D eigenvalue weighted by molar-refractivity contribution is -0.146. The fourth-order valence-electron chi connectivity index (χ4n) is 1.66. The third-order valence-corrected chi connectivity index (χ3v) is 2.59. The monoisotopic (exact) mass is 215 g/mol. The van der Waals surface area contributed by atoms with Gasteiger partial charge in [0.05, 0.1) is 0 Å². The molecule has 2 atom stereocenters. The fourth-order valence-corrected chi connectivity index (χ4v) is 1.66. The summed E-state index contributed by atoms with van der Waals surface area (Å²) in [5, 5.41) is 10.2. The van der Waals surface area contributed by atoms with Crippen LogP contribution in [0.5, 0.6) is 0 Å². The van der Waals surface area contributed by atoms with Gasteiger partial charge in [0.15, 0.2) is 5.78 Å². The molecule has 0 aliphatic carbocycles. The molecule has 0 aromatic rings. The molecule has 3 heteroatoms. The molecular formula is C12H25NO2. The van der Waals surface area contributed by atoms with E-state index in [0.29, 0.717) is 12.3 Å². The van der Waals surface area contributed by atoms with Gasteiger partial charge in [0.1, 0.15) is 5.60 Å². The van der Waals surface area contributed by atoms with Crippen LogP contribution >= 0.6 is 0 Å². The summed E-state index contributed by atoms with van der Waals surface area (Å²) in [7, 11) is 0. The second-order valence-corrected chi connectivity index (χ2v) is 5.96. The summed E-state index contributed by atoms with van der Waals surface area (Å²) in [6.45, 7) is 11.0. The van der Waals surface area contributed by atoms with E-state index in [9.17, 15) is 9.90 Å². The normalized spacial score (nSPS) is 18.7. The number of ketones is 1. The van der Waals surface area contributed by atoms with Gasteiger partial charge in [-0.2, -0.15) is 0 Å². The van der Waals surface area contributed by atoms with Gasteiger partial charge >= 0.3 is 0 Å². The van der Waals surface area contributed by atoms with E-state index in [2.05, 4.69) is 0 Å². The Kier molecular flexibility index (Phi) is 4.49. The SMILES string of the molecule is CC(C)CC(N)C(C)(O)C(=O)C(C)(C)C. The summed E-state index contributed by atoms with van der Waals surface area (Å²) in [4.78, 5) is 12.0. The standard InChI is InChI=1S/C12H25NO2/c1-8(2)7-9(13)12(6,15)10(14)11(3,4)5/h8-9,15H,7,13H2,1-6H3. The van der Waals surface area contributed by atoms with Crippen LogP contribution in [0, 0.1) is 11.3 Å². The Morgan fingerprint density at radius 1 is 1.27 bits per heavy atom. The first-order valence-corrected chi connectivity index (χ1v) is 5.52. The third kappa shape index (κ3) is 3.92. The lowest BCUT2D eigenvalue weighted by Crippen LogP contribution is -2.55. The largest absolute Gasteiger partial charge is 0.381 e. The highest BCUT2D eigenvalue weighted by Crippen LogP contribution is 2.26. The molecule has 0 saturated heterocycles. The predicted octanol–water partition coefficient (Wildman–Crippen LogP) is 1.73.